The number of rotatable bonds is 5. The fourth-order valence-electron chi connectivity index (χ4n) is 3.51. The van der Waals surface area contributed by atoms with Crippen LogP contribution in [0, 0.1) is 12.8 Å². The Morgan fingerprint density at radius 2 is 2.04 bits per heavy atom. The first-order valence-corrected chi connectivity index (χ1v) is 8.58. The van der Waals surface area contributed by atoms with Crippen LogP contribution in [0.2, 0.25) is 0 Å². The molecular formula is C18H29Cl2N3O. The van der Waals surface area contributed by atoms with E-state index >= 15 is 0 Å². The lowest BCUT2D eigenvalue weighted by molar-refractivity contribution is 0.0952. The minimum atomic E-state index is 0. The summed E-state index contributed by atoms with van der Waals surface area (Å²) in [5.41, 5.74) is 3.09. The molecule has 1 atom stereocenters. The van der Waals surface area contributed by atoms with E-state index in [2.05, 4.69) is 34.6 Å². The largest absolute Gasteiger partial charge is 0.371 e. The molecule has 0 radical (unpaired) electrons. The number of nitrogens with zero attached hydrogens (tertiary/aromatic N) is 1. The molecule has 3 rings (SSSR count). The highest BCUT2D eigenvalue weighted by Crippen LogP contribution is 2.25. The maximum absolute atomic E-state index is 12.6. The first-order chi connectivity index (χ1) is 10.7. The molecule has 0 bridgehead atoms. The normalized spacial score (nSPS) is 19.5. The molecule has 1 amide bonds. The molecule has 2 aliphatic heterocycles. The zero-order valence-corrected chi connectivity index (χ0v) is 16.0. The summed E-state index contributed by atoms with van der Waals surface area (Å²) in [5.74, 6) is 0.799. The molecule has 24 heavy (non-hydrogen) atoms. The molecular weight excluding hydrogens is 345 g/mol. The molecule has 6 heteroatoms. The van der Waals surface area contributed by atoms with Crippen LogP contribution in [0.5, 0.6) is 0 Å². The lowest BCUT2D eigenvalue weighted by Gasteiger charge is -2.21. The van der Waals surface area contributed by atoms with Gasteiger partial charge in [0, 0.05) is 25.3 Å². The molecule has 1 aromatic carbocycles. The second kappa shape index (κ2) is 10.1. The van der Waals surface area contributed by atoms with Crippen LogP contribution >= 0.6 is 24.8 Å². The summed E-state index contributed by atoms with van der Waals surface area (Å²) in [7, 11) is 0. The smallest absolute Gasteiger partial charge is 0.253 e. The summed E-state index contributed by atoms with van der Waals surface area (Å²) >= 11 is 0. The predicted octanol–water partition coefficient (Wildman–Crippen LogP) is 3.17. The van der Waals surface area contributed by atoms with Crippen molar-refractivity contribution in [2.75, 3.05) is 37.6 Å². The van der Waals surface area contributed by atoms with Gasteiger partial charge in [0.25, 0.3) is 5.91 Å². The van der Waals surface area contributed by atoms with Crippen molar-refractivity contribution in [1.82, 2.24) is 10.6 Å². The maximum Gasteiger partial charge on any atom is 0.253 e. The van der Waals surface area contributed by atoms with Crippen molar-refractivity contribution in [3.63, 3.8) is 0 Å². The molecule has 1 unspecified atom stereocenters. The molecule has 0 spiro atoms. The first-order valence-electron chi connectivity index (χ1n) is 8.58. The van der Waals surface area contributed by atoms with Crippen molar-refractivity contribution >= 4 is 36.4 Å². The summed E-state index contributed by atoms with van der Waals surface area (Å²) in [4.78, 5) is 14.9. The van der Waals surface area contributed by atoms with Crippen LogP contribution in [-0.4, -0.2) is 38.6 Å². The van der Waals surface area contributed by atoms with Gasteiger partial charge in [-0.15, -0.1) is 24.8 Å². The van der Waals surface area contributed by atoms with Crippen LogP contribution in [0.4, 0.5) is 5.69 Å². The van der Waals surface area contributed by atoms with E-state index in [0.29, 0.717) is 0 Å². The highest BCUT2D eigenvalue weighted by atomic mass is 35.5. The number of aryl methyl sites for hydroxylation is 1. The van der Waals surface area contributed by atoms with Crippen LogP contribution in [0.3, 0.4) is 0 Å². The van der Waals surface area contributed by atoms with Gasteiger partial charge in [-0.1, -0.05) is 11.6 Å². The Morgan fingerprint density at radius 3 is 2.71 bits per heavy atom. The number of anilines is 1. The fraction of sp³-hybridized carbons (Fsp3) is 0.611. The van der Waals surface area contributed by atoms with Crippen molar-refractivity contribution in [3.8, 4) is 0 Å². The van der Waals surface area contributed by atoms with Crippen LogP contribution in [0.1, 0.15) is 41.6 Å². The van der Waals surface area contributed by atoms with Gasteiger partial charge in [0.1, 0.15) is 0 Å². The van der Waals surface area contributed by atoms with E-state index in [-0.39, 0.29) is 30.7 Å². The molecule has 2 fully saturated rings. The summed E-state index contributed by atoms with van der Waals surface area (Å²) in [6.45, 7) is 7.18. The van der Waals surface area contributed by atoms with Crippen molar-refractivity contribution in [2.45, 2.75) is 32.6 Å². The Morgan fingerprint density at radius 1 is 1.29 bits per heavy atom. The summed E-state index contributed by atoms with van der Waals surface area (Å²) in [6, 6.07) is 6.24. The minimum Gasteiger partial charge on any atom is -0.371 e. The van der Waals surface area contributed by atoms with Crippen molar-refractivity contribution < 1.29 is 4.79 Å². The molecule has 2 aliphatic rings. The van der Waals surface area contributed by atoms with Gasteiger partial charge in [-0.2, -0.15) is 0 Å². The third-order valence-electron chi connectivity index (χ3n) is 4.84. The average Bonchev–Trinajstić information content (AvgIpc) is 3.20. The van der Waals surface area contributed by atoms with Gasteiger partial charge in [-0.05, 0) is 63.7 Å². The summed E-state index contributed by atoms with van der Waals surface area (Å²) in [5, 5.41) is 6.50. The van der Waals surface area contributed by atoms with Gasteiger partial charge in [0.05, 0.1) is 5.56 Å². The molecule has 2 saturated heterocycles. The van der Waals surface area contributed by atoms with Gasteiger partial charge < -0.3 is 15.5 Å². The Kier molecular flexibility index (Phi) is 8.88. The van der Waals surface area contributed by atoms with E-state index in [1.165, 1.54) is 19.3 Å². The van der Waals surface area contributed by atoms with Gasteiger partial charge in [-0.25, -0.2) is 0 Å². The monoisotopic (exact) mass is 373 g/mol. The van der Waals surface area contributed by atoms with E-state index in [1.807, 2.05) is 6.07 Å². The van der Waals surface area contributed by atoms with Crippen molar-refractivity contribution in [2.24, 2.45) is 5.92 Å². The number of carbonyl (C=O) groups excluding carboxylic acids is 1. The zero-order chi connectivity index (χ0) is 15.4. The Labute approximate surface area is 157 Å². The molecule has 2 heterocycles. The fourth-order valence-corrected chi connectivity index (χ4v) is 3.51. The number of hydrogen-bond donors (Lipinski definition) is 2. The summed E-state index contributed by atoms with van der Waals surface area (Å²) < 4.78 is 0. The summed E-state index contributed by atoms with van der Waals surface area (Å²) in [6.07, 6.45) is 4.76. The van der Waals surface area contributed by atoms with Crippen LogP contribution in [-0.2, 0) is 0 Å². The molecule has 136 valence electrons. The SMILES string of the molecule is Cc1ccc(N2CCCC2)c(C(=O)NCCC2CCNC2)c1.Cl.Cl. The number of carbonyl (C=O) groups is 1. The number of benzene rings is 1. The number of hydrogen-bond acceptors (Lipinski definition) is 3. The lowest BCUT2D eigenvalue weighted by atomic mass is 10.0. The predicted molar refractivity (Wildman–Crippen MR) is 105 cm³/mol. The van der Waals surface area contributed by atoms with E-state index in [0.717, 1.165) is 61.9 Å². The molecule has 0 aromatic heterocycles. The quantitative estimate of drug-likeness (QED) is 0.832. The van der Waals surface area contributed by atoms with E-state index in [1.54, 1.807) is 0 Å². The second-order valence-corrected chi connectivity index (χ2v) is 6.62. The van der Waals surface area contributed by atoms with Crippen molar-refractivity contribution in [1.29, 1.82) is 0 Å². The number of amides is 1. The Hall–Kier alpha value is -0.970. The van der Waals surface area contributed by atoms with Gasteiger partial charge in [0.15, 0.2) is 0 Å². The van der Waals surface area contributed by atoms with Crippen LogP contribution < -0.4 is 15.5 Å². The van der Waals surface area contributed by atoms with Crippen LogP contribution in [0.15, 0.2) is 18.2 Å². The van der Waals surface area contributed by atoms with Gasteiger partial charge in [0.2, 0.25) is 0 Å². The topological polar surface area (TPSA) is 44.4 Å². The van der Waals surface area contributed by atoms with Gasteiger partial charge >= 0.3 is 0 Å². The van der Waals surface area contributed by atoms with Gasteiger partial charge in [-0.3, -0.25) is 4.79 Å². The lowest BCUT2D eigenvalue weighted by Crippen LogP contribution is -2.29. The standard InChI is InChI=1S/C18H27N3O.2ClH/c1-14-4-5-17(21-10-2-3-11-21)16(12-14)18(22)20-9-7-15-6-8-19-13-15;;/h4-5,12,15,19H,2-3,6-11,13H2,1H3,(H,20,22);2*1H. The number of nitrogens with one attached hydrogen (secondary N) is 2. The van der Waals surface area contributed by atoms with Crippen molar-refractivity contribution in [3.05, 3.63) is 29.3 Å². The maximum atomic E-state index is 12.6. The minimum absolute atomic E-state index is 0. The van der Waals surface area contributed by atoms with E-state index < -0.39 is 0 Å². The molecule has 0 saturated carbocycles. The van der Waals surface area contributed by atoms with E-state index in [4.69, 9.17) is 0 Å². The molecule has 4 nitrogen and oxygen atoms in total. The van der Waals surface area contributed by atoms with E-state index in [9.17, 15) is 4.79 Å². The van der Waals surface area contributed by atoms with Crippen LogP contribution in [0.25, 0.3) is 0 Å². The zero-order valence-electron chi connectivity index (χ0n) is 14.3. The highest BCUT2D eigenvalue weighted by Gasteiger charge is 2.20. The second-order valence-electron chi connectivity index (χ2n) is 6.62. The first kappa shape index (κ1) is 21.1. The Balaban J connectivity index is 0.00000144. The highest BCUT2D eigenvalue weighted by molar-refractivity contribution is 6.00. The molecule has 2 N–H and O–H groups in total. The average molecular weight is 374 g/mol. The number of halogens is 2. The Bertz CT molecular complexity index is 527. The molecule has 1 aromatic rings. The third-order valence-corrected chi connectivity index (χ3v) is 4.84. The third kappa shape index (κ3) is 5.27. The molecule has 0 aliphatic carbocycles.